The Labute approximate surface area is 138 Å². The normalized spacial score (nSPS) is 11.0. The molecule has 0 atom stereocenters. The van der Waals surface area contributed by atoms with Crippen molar-refractivity contribution >= 4 is 23.2 Å². The van der Waals surface area contributed by atoms with Crippen LogP contribution in [0.5, 0.6) is 11.5 Å². The number of aromatic nitrogens is 2. The van der Waals surface area contributed by atoms with Crippen LogP contribution in [-0.2, 0) is 11.3 Å². The summed E-state index contributed by atoms with van der Waals surface area (Å²) in [6.45, 7) is 0.122. The monoisotopic (exact) mass is 324 g/mol. The first-order chi connectivity index (χ1) is 11.7. The van der Waals surface area contributed by atoms with Crippen LogP contribution in [0.15, 0.2) is 53.9 Å². The fourth-order valence-electron chi connectivity index (χ4n) is 2.28. The van der Waals surface area contributed by atoms with Gasteiger partial charge in [-0.1, -0.05) is 12.1 Å². The van der Waals surface area contributed by atoms with Gasteiger partial charge in [-0.3, -0.25) is 4.79 Å². The van der Waals surface area contributed by atoms with Gasteiger partial charge in [-0.15, -0.1) is 0 Å². The van der Waals surface area contributed by atoms with Crippen LogP contribution in [0.4, 0.5) is 0 Å². The highest BCUT2D eigenvalue weighted by molar-refractivity contribution is 5.84. The summed E-state index contributed by atoms with van der Waals surface area (Å²) in [4.78, 5) is 16.2. The molecule has 122 valence electrons. The molecule has 7 heteroatoms. The molecule has 0 unspecified atom stereocenters. The van der Waals surface area contributed by atoms with Gasteiger partial charge in [0.15, 0.2) is 11.5 Å². The number of carbonyl (C=O) groups is 1. The van der Waals surface area contributed by atoms with Gasteiger partial charge in [-0.05, 0) is 35.9 Å². The van der Waals surface area contributed by atoms with Crippen LogP contribution in [0.2, 0.25) is 0 Å². The molecule has 24 heavy (non-hydrogen) atoms. The first-order valence-electron chi connectivity index (χ1n) is 7.26. The Morgan fingerprint density at radius 2 is 2.21 bits per heavy atom. The van der Waals surface area contributed by atoms with E-state index in [4.69, 9.17) is 4.74 Å². The average molecular weight is 324 g/mol. The van der Waals surface area contributed by atoms with Crippen molar-refractivity contribution in [2.75, 3.05) is 7.11 Å². The third kappa shape index (κ3) is 3.35. The van der Waals surface area contributed by atoms with E-state index in [1.165, 1.54) is 19.4 Å². The number of ether oxygens (including phenoxy) is 1. The molecule has 7 nitrogen and oxygen atoms in total. The zero-order valence-electron chi connectivity index (χ0n) is 13.0. The number of amides is 1. The average Bonchev–Trinajstić information content (AvgIpc) is 2.99. The Kier molecular flexibility index (Phi) is 4.42. The molecule has 0 aliphatic heterocycles. The fourth-order valence-corrected chi connectivity index (χ4v) is 2.28. The van der Waals surface area contributed by atoms with E-state index in [1.807, 2.05) is 24.3 Å². The number of benzene rings is 2. The molecule has 1 amide bonds. The van der Waals surface area contributed by atoms with Gasteiger partial charge in [0.05, 0.1) is 30.7 Å². The van der Waals surface area contributed by atoms with Gasteiger partial charge in [0.1, 0.15) is 6.54 Å². The highest BCUT2D eigenvalue weighted by Crippen LogP contribution is 2.25. The second-order valence-corrected chi connectivity index (χ2v) is 5.09. The zero-order chi connectivity index (χ0) is 16.9. The highest BCUT2D eigenvalue weighted by atomic mass is 16.5. The fraction of sp³-hybridized carbons (Fsp3) is 0.118. The van der Waals surface area contributed by atoms with Crippen LogP contribution < -0.4 is 10.2 Å². The van der Waals surface area contributed by atoms with E-state index in [0.29, 0.717) is 11.3 Å². The van der Waals surface area contributed by atoms with Crippen molar-refractivity contribution in [2.45, 2.75) is 6.54 Å². The summed E-state index contributed by atoms with van der Waals surface area (Å²) in [6, 6.07) is 12.4. The molecule has 0 aliphatic carbocycles. The first kappa shape index (κ1) is 15.5. The van der Waals surface area contributed by atoms with Crippen molar-refractivity contribution < 1.29 is 14.6 Å². The maximum atomic E-state index is 12.0. The minimum atomic E-state index is -0.264. The molecule has 1 aromatic heterocycles. The van der Waals surface area contributed by atoms with E-state index in [1.54, 1.807) is 23.0 Å². The second-order valence-electron chi connectivity index (χ2n) is 5.09. The van der Waals surface area contributed by atoms with Crippen LogP contribution in [-0.4, -0.2) is 33.9 Å². The van der Waals surface area contributed by atoms with E-state index in [9.17, 15) is 9.90 Å². The Balaban J connectivity index is 1.63. The first-order valence-corrected chi connectivity index (χ1v) is 7.26. The molecule has 0 saturated carbocycles. The number of fused-ring (bicyclic) bond motifs is 1. The van der Waals surface area contributed by atoms with Crippen LogP contribution >= 0.6 is 0 Å². The summed E-state index contributed by atoms with van der Waals surface area (Å²) in [5, 5.41) is 13.4. The predicted octanol–water partition coefficient (Wildman–Crippen LogP) is 1.90. The smallest absolute Gasteiger partial charge is 0.260 e. The van der Waals surface area contributed by atoms with E-state index in [0.717, 1.165) is 11.0 Å². The molecule has 3 aromatic rings. The van der Waals surface area contributed by atoms with E-state index in [2.05, 4.69) is 15.5 Å². The van der Waals surface area contributed by atoms with Crippen molar-refractivity contribution in [3.63, 3.8) is 0 Å². The summed E-state index contributed by atoms with van der Waals surface area (Å²) < 4.78 is 6.77. The standard InChI is InChI=1S/C17H16N4O3/c1-24-16-8-12(6-7-15(16)22)9-19-20-17(23)10-21-11-18-13-4-2-3-5-14(13)21/h2-9,11,22H,10H2,1H3,(H,20,23)/b19-9+. The van der Waals surface area contributed by atoms with Crippen molar-refractivity contribution in [3.05, 3.63) is 54.4 Å². The van der Waals surface area contributed by atoms with E-state index < -0.39 is 0 Å². The lowest BCUT2D eigenvalue weighted by Gasteiger charge is -2.04. The number of carbonyl (C=O) groups excluding carboxylic acids is 1. The summed E-state index contributed by atoms with van der Waals surface area (Å²) in [5.74, 6) is 0.126. The van der Waals surface area contributed by atoms with Gasteiger partial charge in [0.2, 0.25) is 0 Å². The lowest BCUT2D eigenvalue weighted by Crippen LogP contribution is -2.22. The van der Waals surface area contributed by atoms with Gasteiger partial charge in [0, 0.05) is 0 Å². The number of phenolic OH excluding ortho intramolecular Hbond substituents is 1. The molecule has 3 rings (SSSR count). The second kappa shape index (κ2) is 6.82. The van der Waals surface area contributed by atoms with Gasteiger partial charge in [0.25, 0.3) is 5.91 Å². The zero-order valence-corrected chi connectivity index (χ0v) is 13.0. The number of imidazole rings is 1. The van der Waals surface area contributed by atoms with Crippen LogP contribution in [0.25, 0.3) is 11.0 Å². The maximum absolute atomic E-state index is 12.0. The molecule has 2 aromatic carbocycles. The minimum absolute atomic E-state index is 0.0469. The Morgan fingerprint density at radius 1 is 1.38 bits per heavy atom. The minimum Gasteiger partial charge on any atom is -0.504 e. The largest absolute Gasteiger partial charge is 0.504 e. The summed E-state index contributed by atoms with van der Waals surface area (Å²) >= 11 is 0. The summed E-state index contributed by atoms with van der Waals surface area (Å²) in [7, 11) is 1.47. The van der Waals surface area contributed by atoms with Crippen molar-refractivity contribution in [3.8, 4) is 11.5 Å². The van der Waals surface area contributed by atoms with E-state index >= 15 is 0 Å². The number of hydrogen-bond donors (Lipinski definition) is 2. The summed E-state index contributed by atoms with van der Waals surface area (Å²) in [5.41, 5.74) is 4.88. The number of para-hydroxylation sites is 2. The molecule has 0 fully saturated rings. The van der Waals surface area contributed by atoms with E-state index in [-0.39, 0.29) is 18.2 Å². The third-order valence-corrected chi connectivity index (χ3v) is 3.45. The molecule has 2 N–H and O–H groups in total. The Hall–Kier alpha value is -3.35. The number of nitrogens with zero attached hydrogens (tertiary/aromatic N) is 3. The molecule has 0 aliphatic rings. The van der Waals surface area contributed by atoms with Crippen LogP contribution in [0, 0.1) is 0 Å². The lowest BCUT2D eigenvalue weighted by molar-refractivity contribution is -0.121. The topological polar surface area (TPSA) is 88.7 Å². The maximum Gasteiger partial charge on any atom is 0.260 e. The Bertz CT molecular complexity index is 902. The molecule has 0 bridgehead atoms. The van der Waals surface area contributed by atoms with Gasteiger partial charge in [-0.25, -0.2) is 10.4 Å². The number of hydrazone groups is 1. The van der Waals surface area contributed by atoms with Crippen molar-refractivity contribution in [1.82, 2.24) is 15.0 Å². The van der Waals surface area contributed by atoms with Gasteiger partial charge >= 0.3 is 0 Å². The predicted molar refractivity (Wildman–Crippen MR) is 90.1 cm³/mol. The quantitative estimate of drug-likeness (QED) is 0.554. The SMILES string of the molecule is COc1cc(/C=N/NC(=O)Cn2cnc3ccccc32)ccc1O. The third-order valence-electron chi connectivity index (χ3n) is 3.45. The van der Waals surface area contributed by atoms with Crippen molar-refractivity contribution in [1.29, 1.82) is 0 Å². The van der Waals surface area contributed by atoms with Gasteiger partial charge < -0.3 is 14.4 Å². The molecule has 0 spiro atoms. The van der Waals surface area contributed by atoms with Crippen LogP contribution in [0.3, 0.4) is 0 Å². The number of methoxy groups -OCH3 is 1. The van der Waals surface area contributed by atoms with Gasteiger partial charge in [-0.2, -0.15) is 5.10 Å². The van der Waals surface area contributed by atoms with Crippen molar-refractivity contribution in [2.24, 2.45) is 5.10 Å². The Morgan fingerprint density at radius 3 is 3.04 bits per heavy atom. The highest BCUT2D eigenvalue weighted by Gasteiger charge is 2.06. The molecular weight excluding hydrogens is 308 g/mol. The molecular formula is C17H16N4O3. The number of rotatable bonds is 5. The molecule has 0 radical (unpaired) electrons. The number of phenols is 1. The number of aromatic hydroxyl groups is 1. The molecule has 1 heterocycles. The number of nitrogens with one attached hydrogen (secondary N) is 1. The summed E-state index contributed by atoms with van der Waals surface area (Å²) in [6.07, 6.45) is 3.10. The number of hydrogen-bond acceptors (Lipinski definition) is 5. The molecule has 0 saturated heterocycles. The lowest BCUT2D eigenvalue weighted by atomic mass is 10.2. The van der Waals surface area contributed by atoms with Crippen LogP contribution in [0.1, 0.15) is 5.56 Å².